The van der Waals surface area contributed by atoms with Crippen LogP contribution in [0.3, 0.4) is 0 Å². The van der Waals surface area contributed by atoms with Crippen molar-refractivity contribution in [2.45, 2.75) is 38.1 Å². The van der Waals surface area contributed by atoms with Gasteiger partial charge in [0, 0.05) is 43.2 Å². The molecule has 2 heterocycles. The highest BCUT2D eigenvalue weighted by Gasteiger charge is 2.35. The molecule has 0 spiro atoms. The zero-order valence-electron chi connectivity index (χ0n) is 15.5. The topological polar surface area (TPSA) is 90.7 Å². The maximum atomic E-state index is 12.7. The van der Waals surface area contributed by atoms with Crippen LogP contribution in [-0.4, -0.2) is 59.9 Å². The number of halogens is 1. The van der Waals surface area contributed by atoms with Crippen LogP contribution >= 0.6 is 15.9 Å². The van der Waals surface area contributed by atoms with Crippen molar-refractivity contribution in [3.05, 3.63) is 33.8 Å². The average Bonchev–Trinajstić information content (AvgIpc) is 2.93. The first-order valence-corrected chi connectivity index (χ1v) is 10.2. The molecule has 3 rings (SSSR count). The van der Waals surface area contributed by atoms with Crippen LogP contribution in [0.1, 0.15) is 52.8 Å². The highest BCUT2D eigenvalue weighted by molar-refractivity contribution is 9.10. The molecule has 0 aromatic heterocycles. The molecule has 8 heteroatoms. The number of amides is 3. The summed E-state index contributed by atoms with van der Waals surface area (Å²) in [6.07, 6.45) is 2.46. The Morgan fingerprint density at radius 1 is 1.25 bits per heavy atom. The quantitative estimate of drug-likeness (QED) is 0.599. The van der Waals surface area contributed by atoms with E-state index >= 15 is 0 Å². The van der Waals surface area contributed by atoms with Crippen LogP contribution in [0.2, 0.25) is 0 Å². The van der Waals surface area contributed by atoms with Crippen LogP contribution in [0.15, 0.2) is 22.7 Å². The van der Waals surface area contributed by atoms with Crippen molar-refractivity contribution in [2.75, 3.05) is 26.3 Å². The number of ether oxygens (including phenoxy) is 1. The second-order valence-corrected chi connectivity index (χ2v) is 7.81. The summed E-state index contributed by atoms with van der Waals surface area (Å²) < 4.78 is 6.10. The van der Waals surface area contributed by atoms with E-state index in [1.165, 1.54) is 4.90 Å². The van der Waals surface area contributed by atoms with E-state index in [4.69, 9.17) is 10.00 Å². The Bertz CT molecular complexity index is 814. The van der Waals surface area contributed by atoms with E-state index in [2.05, 4.69) is 22.0 Å². The molecule has 3 amide bonds. The average molecular weight is 448 g/mol. The molecule has 1 aromatic carbocycles. The number of imide groups is 1. The molecule has 148 valence electrons. The minimum atomic E-state index is -0.320. The van der Waals surface area contributed by atoms with E-state index in [-0.39, 0.29) is 43.1 Å². The fourth-order valence-corrected chi connectivity index (χ4v) is 4.04. The smallest absolute Gasteiger partial charge is 0.261 e. The number of hydrogen-bond donors (Lipinski definition) is 0. The van der Waals surface area contributed by atoms with Gasteiger partial charge in [-0.05, 0) is 37.5 Å². The van der Waals surface area contributed by atoms with Gasteiger partial charge in [0.25, 0.3) is 11.8 Å². The van der Waals surface area contributed by atoms with E-state index < -0.39 is 0 Å². The molecule has 28 heavy (non-hydrogen) atoms. The summed E-state index contributed by atoms with van der Waals surface area (Å²) in [4.78, 5) is 40.7. The lowest BCUT2D eigenvalue weighted by molar-refractivity contribution is -0.135. The highest BCUT2D eigenvalue weighted by Crippen LogP contribution is 2.26. The number of nitriles is 1. The van der Waals surface area contributed by atoms with Gasteiger partial charge in [0.05, 0.1) is 23.6 Å². The fourth-order valence-electron chi connectivity index (χ4n) is 3.68. The maximum absolute atomic E-state index is 12.7. The Morgan fingerprint density at radius 2 is 1.96 bits per heavy atom. The zero-order valence-corrected chi connectivity index (χ0v) is 17.1. The molecule has 0 unspecified atom stereocenters. The Morgan fingerprint density at radius 3 is 2.68 bits per heavy atom. The molecular formula is C20H22BrN3O4. The van der Waals surface area contributed by atoms with Gasteiger partial charge < -0.3 is 9.64 Å². The van der Waals surface area contributed by atoms with Gasteiger partial charge in [-0.3, -0.25) is 19.3 Å². The second kappa shape index (κ2) is 9.30. The van der Waals surface area contributed by atoms with Gasteiger partial charge in [-0.2, -0.15) is 5.26 Å². The summed E-state index contributed by atoms with van der Waals surface area (Å²) in [6, 6.07) is 7.20. The fraction of sp³-hybridized carbons (Fsp3) is 0.500. The number of nitrogens with zero attached hydrogens (tertiary/aromatic N) is 3. The first kappa shape index (κ1) is 20.5. The molecular weight excluding hydrogens is 426 g/mol. The third-order valence-electron chi connectivity index (χ3n) is 5.12. The van der Waals surface area contributed by atoms with Crippen LogP contribution in [0.25, 0.3) is 0 Å². The Kier molecular flexibility index (Phi) is 6.81. The van der Waals surface area contributed by atoms with E-state index in [1.807, 2.05) is 0 Å². The van der Waals surface area contributed by atoms with Crippen molar-refractivity contribution in [1.29, 1.82) is 5.26 Å². The molecule has 2 aliphatic rings. The molecule has 0 saturated carbocycles. The van der Waals surface area contributed by atoms with Crippen molar-refractivity contribution in [1.82, 2.24) is 9.80 Å². The molecule has 2 aliphatic heterocycles. The van der Waals surface area contributed by atoms with Gasteiger partial charge in [0.15, 0.2) is 0 Å². The maximum Gasteiger partial charge on any atom is 0.261 e. The van der Waals surface area contributed by atoms with Crippen LogP contribution in [-0.2, 0) is 9.53 Å². The summed E-state index contributed by atoms with van der Waals surface area (Å²) in [5.74, 6) is -0.674. The van der Waals surface area contributed by atoms with Gasteiger partial charge in [0.2, 0.25) is 5.91 Å². The molecule has 0 N–H and O–H groups in total. The summed E-state index contributed by atoms with van der Waals surface area (Å²) in [5, 5.41) is 8.88. The van der Waals surface area contributed by atoms with Crippen LogP contribution < -0.4 is 0 Å². The van der Waals surface area contributed by atoms with E-state index in [9.17, 15) is 14.4 Å². The van der Waals surface area contributed by atoms with Crippen molar-refractivity contribution >= 4 is 33.7 Å². The van der Waals surface area contributed by atoms with Crippen molar-refractivity contribution < 1.29 is 19.1 Å². The van der Waals surface area contributed by atoms with Crippen molar-refractivity contribution in [3.63, 3.8) is 0 Å². The predicted molar refractivity (Wildman–Crippen MR) is 105 cm³/mol. The Hall–Kier alpha value is -2.24. The van der Waals surface area contributed by atoms with Crippen molar-refractivity contribution in [2.24, 2.45) is 0 Å². The van der Waals surface area contributed by atoms with Gasteiger partial charge in [-0.1, -0.05) is 15.9 Å². The minimum Gasteiger partial charge on any atom is -0.381 e. The summed E-state index contributed by atoms with van der Waals surface area (Å²) in [6.45, 7) is 1.84. The van der Waals surface area contributed by atoms with E-state index in [0.717, 1.165) is 17.3 Å². The van der Waals surface area contributed by atoms with Crippen LogP contribution in [0.5, 0.6) is 0 Å². The van der Waals surface area contributed by atoms with Crippen LogP contribution in [0.4, 0.5) is 0 Å². The monoisotopic (exact) mass is 447 g/mol. The first-order chi connectivity index (χ1) is 13.5. The summed E-state index contributed by atoms with van der Waals surface area (Å²) in [7, 11) is 0. The molecule has 0 aliphatic carbocycles. The molecule has 1 aromatic rings. The third-order valence-corrected chi connectivity index (χ3v) is 5.61. The van der Waals surface area contributed by atoms with Gasteiger partial charge in [-0.15, -0.1) is 0 Å². The highest BCUT2D eigenvalue weighted by atomic mass is 79.9. The number of hydrogen-bond acceptors (Lipinski definition) is 5. The molecule has 1 fully saturated rings. The first-order valence-electron chi connectivity index (χ1n) is 9.43. The number of benzene rings is 1. The molecule has 7 nitrogen and oxygen atoms in total. The molecule has 0 radical (unpaired) electrons. The Labute approximate surface area is 172 Å². The largest absolute Gasteiger partial charge is 0.381 e. The standard InChI is InChI=1S/C20H22BrN3O4/c21-14-4-5-16-17(13-14)20(27)24(19(16)26)9-1-3-18(25)23(10-2-8-22)15-6-11-28-12-7-15/h4-5,13,15H,1-3,6-7,9-12H2. The molecule has 0 bridgehead atoms. The van der Waals surface area contributed by atoms with Crippen LogP contribution in [0, 0.1) is 11.3 Å². The molecule has 1 saturated heterocycles. The lowest BCUT2D eigenvalue weighted by atomic mass is 10.1. The second-order valence-electron chi connectivity index (χ2n) is 6.89. The normalized spacial score (nSPS) is 16.8. The minimum absolute atomic E-state index is 0.0403. The number of carbonyl (C=O) groups excluding carboxylic acids is 3. The van der Waals surface area contributed by atoms with E-state index in [1.54, 1.807) is 23.1 Å². The number of fused-ring (bicyclic) bond motifs is 1. The third kappa shape index (κ3) is 4.42. The van der Waals surface area contributed by atoms with Gasteiger partial charge >= 0.3 is 0 Å². The summed E-state index contributed by atoms with van der Waals surface area (Å²) >= 11 is 3.31. The lowest BCUT2D eigenvalue weighted by Gasteiger charge is -2.34. The van der Waals surface area contributed by atoms with Gasteiger partial charge in [-0.25, -0.2) is 0 Å². The van der Waals surface area contributed by atoms with Gasteiger partial charge in [0.1, 0.15) is 0 Å². The zero-order chi connectivity index (χ0) is 20.1. The lowest BCUT2D eigenvalue weighted by Crippen LogP contribution is -2.44. The number of rotatable bonds is 7. The predicted octanol–water partition coefficient (Wildman–Crippen LogP) is 2.75. The van der Waals surface area contributed by atoms with Crippen molar-refractivity contribution in [3.8, 4) is 6.07 Å². The summed E-state index contributed by atoms with van der Waals surface area (Å²) in [5.41, 5.74) is 0.793. The van der Waals surface area contributed by atoms with E-state index in [0.29, 0.717) is 37.3 Å². The number of carbonyl (C=O) groups is 3. The SMILES string of the molecule is N#CCCN(C(=O)CCCN1C(=O)c2ccc(Br)cc2C1=O)C1CCOCC1. The Balaban J connectivity index is 1.57. The molecule has 0 atom stereocenters.